The normalized spacial score (nSPS) is 21.9. The largest absolute Gasteiger partial charge is 0.445 e. The molecule has 0 radical (unpaired) electrons. The number of aromatic nitrogens is 1. The maximum Gasteiger partial charge on any atom is 0.410 e. The molecular formula is C27H26N2O4. The number of benzene rings is 2. The second kappa shape index (κ2) is 9.55. The summed E-state index contributed by atoms with van der Waals surface area (Å²) in [5.74, 6) is -0.0143. The van der Waals surface area contributed by atoms with Crippen LogP contribution < -0.4 is 0 Å². The SMILES string of the molecule is O=C(c1ccc(-c2ccccn2)cc1)C1CC2COCC(C1)N2C(=O)OCc1ccccc1. The smallest absolute Gasteiger partial charge is 0.410 e. The van der Waals surface area contributed by atoms with E-state index >= 15 is 0 Å². The number of fused-ring (bicyclic) bond motifs is 2. The second-order valence-corrected chi connectivity index (χ2v) is 8.62. The van der Waals surface area contributed by atoms with Gasteiger partial charge in [0.15, 0.2) is 5.78 Å². The summed E-state index contributed by atoms with van der Waals surface area (Å²) >= 11 is 0. The first-order valence-electron chi connectivity index (χ1n) is 11.3. The van der Waals surface area contributed by atoms with Gasteiger partial charge in [-0.2, -0.15) is 0 Å². The zero-order valence-corrected chi connectivity index (χ0v) is 18.3. The quantitative estimate of drug-likeness (QED) is 0.534. The van der Waals surface area contributed by atoms with Crippen LogP contribution in [0.15, 0.2) is 79.0 Å². The lowest BCUT2D eigenvalue weighted by molar-refractivity contribution is -0.0755. The standard InChI is InChI=1S/C27H26N2O4/c30-26(21-11-9-20(10-12-21)25-8-4-5-13-28-25)22-14-23-17-32-18-24(15-22)29(23)27(31)33-16-19-6-2-1-3-7-19/h1-13,22-24H,14-18H2. The predicted octanol–water partition coefficient (Wildman–Crippen LogP) is 4.75. The molecule has 3 aromatic rings. The van der Waals surface area contributed by atoms with Crippen LogP contribution in [0.2, 0.25) is 0 Å². The molecule has 33 heavy (non-hydrogen) atoms. The van der Waals surface area contributed by atoms with E-state index in [1.807, 2.05) is 72.8 Å². The number of piperidine rings is 1. The average Bonchev–Trinajstić information content (AvgIpc) is 2.87. The van der Waals surface area contributed by atoms with Gasteiger partial charge in [0.1, 0.15) is 6.61 Å². The number of Topliss-reactive ketones (excluding diaryl/α,β-unsaturated/α-hetero) is 1. The second-order valence-electron chi connectivity index (χ2n) is 8.62. The Morgan fingerprint density at radius 2 is 1.61 bits per heavy atom. The van der Waals surface area contributed by atoms with Gasteiger partial charge >= 0.3 is 6.09 Å². The molecule has 2 aliphatic rings. The highest BCUT2D eigenvalue weighted by atomic mass is 16.6. The Hall–Kier alpha value is -3.51. The number of carbonyl (C=O) groups is 2. The van der Waals surface area contributed by atoms with Crippen LogP contribution in [0.3, 0.4) is 0 Å². The number of ketones is 1. The minimum atomic E-state index is -0.331. The summed E-state index contributed by atoms with van der Waals surface area (Å²) in [5.41, 5.74) is 3.50. The van der Waals surface area contributed by atoms with Crippen LogP contribution in [0.25, 0.3) is 11.3 Å². The summed E-state index contributed by atoms with van der Waals surface area (Å²) in [5, 5.41) is 0. The van der Waals surface area contributed by atoms with Crippen molar-refractivity contribution in [2.45, 2.75) is 31.5 Å². The minimum Gasteiger partial charge on any atom is -0.445 e. The lowest BCUT2D eigenvalue weighted by Gasteiger charge is -2.47. The van der Waals surface area contributed by atoms with Crippen LogP contribution >= 0.6 is 0 Å². The summed E-state index contributed by atoms with van der Waals surface area (Å²) in [6.07, 6.45) is 2.59. The van der Waals surface area contributed by atoms with E-state index < -0.39 is 0 Å². The Morgan fingerprint density at radius 3 is 2.27 bits per heavy atom. The van der Waals surface area contributed by atoms with E-state index in [0.717, 1.165) is 16.8 Å². The lowest BCUT2D eigenvalue weighted by atomic mass is 9.80. The van der Waals surface area contributed by atoms with Gasteiger partial charge in [0.2, 0.25) is 0 Å². The Morgan fingerprint density at radius 1 is 0.909 bits per heavy atom. The summed E-state index contributed by atoms with van der Waals surface area (Å²) in [6.45, 7) is 1.10. The summed E-state index contributed by atoms with van der Waals surface area (Å²) in [7, 11) is 0. The molecule has 2 saturated heterocycles. The van der Waals surface area contributed by atoms with Crippen LogP contribution in [-0.2, 0) is 16.1 Å². The van der Waals surface area contributed by atoms with E-state index in [9.17, 15) is 9.59 Å². The molecule has 168 valence electrons. The maximum absolute atomic E-state index is 13.3. The summed E-state index contributed by atoms with van der Waals surface area (Å²) in [6, 6.07) is 22.7. The number of morpholine rings is 1. The van der Waals surface area contributed by atoms with Gasteiger partial charge in [-0.3, -0.25) is 14.7 Å². The van der Waals surface area contributed by atoms with E-state index in [4.69, 9.17) is 9.47 Å². The predicted molar refractivity (Wildman–Crippen MR) is 124 cm³/mol. The molecule has 6 heteroatoms. The van der Waals surface area contributed by atoms with Crippen LogP contribution in [0.4, 0.5) is 4.79 Å². The molecular weight excluding hydrogens is 416 g/mol. The van der Waals surface area contributed by atoms with Crippen molar-refractivity contribution in [2.75, 3.05) is 13.2 Å². The van der Waals surface area contributed by atoms with Gasteiger partial charge in [0.05, 0.1) is 31.0 Å². The highest BCUT2D eigenvalue weighted by Gasteiger charge is 2.44. The number of hydrogen-bond acceptors (Lipinski definition) is 5. The fourth-order valence-corrected chi connectivity index (χ4v) is 4.80. The Labute approximate surface area is 193 Å². The number of hydrogen-bond donors (Lipinski definition) is 0. The summed E-state index contributed by atoms with van der Waals surface area (Å²) in [4.78, 5) is 32.3. The molecule has 3 heterocycles. The van der Waals surface area contributed by atoms with Crippen molar-refractivity contribution in [1.29, 1.82) is 0 Å². The average molecular weight is 443 g/mol. The molecule has 2 fully saturated rings. The third kappa shape index (κ3) is 4.66. The molecule has 0 N–H and O–H groups in total. The van der Waals surface area contributed by atoms with Gasteiger partial charge in [0.25, 0.3) is 0 Å². The summed E-state index contributed by atoms with van der Waals surface area (Å²) < 4.78 is 11.3. The van der Waals surface area contributed by atoms with Gasteiger partial charge in [-0.1, -0.05) is 60.7 Å². The zero-order valence-electron chi connectivity index (χ0n) is 18.3. The topological polar surface area (TPSA) is 68.7 Å². The highest BCUT2D eigenvalue weighted by Crippen LogP contribution is 2.34. The van der Waals surface area contributed by atoms with Gasteiger partial charge in [-0.15, -0.1) is 0 Å². The molecule has 0 spiro atoms. The number of carbonyl (C=O) groups excluding carboxylic acids is 2. The first-order valence-corrected chi connectivity index (χ1v) is 11.3. The lowest BCUT2D eigenvalue weighted by Crippen LogP contribution is -2.59. The first-order chi connectivity index (χ1) is 16.2. The molecule has 0 saturated carbocycles. The Balaban J connectivity index is 1.24. The van der Waals surface area contributed by atoms with Crippen LogP contribution in [0, 0.1) is 5.92 Å². The molecule has 2 unspecified atom stereocenters. The molecule has 2 aliphatic heterocycles. The van der Waals surface area contributed by atoms with Crippen LogP contribution in [-0.4, -0.2) is 47.1 Å². The van der Waals surface area contributed by atoms with Crippen LogP contribution in [0.1, 0.15) is 28.8 Å². The van der Waals surface area contributed by atoms with Crippen molar-refractivity contribution >= 4 is 11.9 Å². The molecule has 0 aliphatic carbocycles. The van der Waals surface area contributed by atoms with Gasteiger partial charge < -0.3 is 9.47 Å². The fraction of sp³-hybridized carbons (Fsp3) is 0.296. The third-order valence-corrected chi connectivity index (χ3v) is 6.44. The molecule has 1 amide bonds. The highest BCUT2D eigenvalue weighted by molar-refractivity contribution is 5.98. The third-order valence-electron chi connectivity index (χ3n) is 6.44. The minimum absolute atomic E-state index is 0.122. The molecule has 5 rings (SSSR count). The van der Waals surface area contributed by atoms with Gasteiger partial charge in [0, 0.05) is 23.2 Å². The fourth-order valence-electron chi connectivity index (χ4n) is 4.80. The molecule has 6 nitrogen and oxygen atoms in total. The van der Waals surface area contributed by atoms with E-state index in [2.05, 4.69) is 4.98 Å². The number of pyridine rings is 1. The van der Waals surface area contributed by atoms with E-state index in [0.29, 0.717) is 31.6 Å². The Kier molecular flexibility index (Phi) is 6.17. The maximum atomic E-state index is 13.3. The van der Waals surface area contributed by atoms with E-state index in [1.54, 1.807) is 11.1 Å². The Bertz CT molecular complexity index is 1090. The number of rotatable bonds is 5. The molecule has 2 bridgehead atoms. The molecule has 2 atom stereocenters. The van der Waals surface area contributed by atoms with Crippen molar-refractivity contribution < 1.29 is 19.1 Å². The monoisotopic (exact) mass is 442 g/mol. The van der Waals surface area contributed by atoms with Crippen molar-refractivity contribution in [3.05, 3.63) is 90.1 Å². The van der Waals surface area contributed by atoms with Crippen molar-refractivity contribution in [2.24, 2.45) is 5.92 Å². The van der Waals surface area contributed by atoms with Crippen molar-refractivity contribution in [3.63, 3.8) is 0 Å². The number of amides is 1. The van der Waals surface area contributed by atoms with Crippen molar-refractivity contribution in [1.82, 2.24) is 9.88 Å². The first kappa shape index (κ1) is 21.3. The molecule has 1 aromatic heterocycles. The zero-order chi connectivity index (χ0) is 22.6. The van der Waals surface area contributed by atoms with Gasteiger partial charge in [-0.25, -0.2) is 4.79 Å². The number of ether oxygens (including phenoxy) is 2. The van der Waals surface area contributed by atoms with E-state index in [-0.39, 0.29) is 36.5 Å². The number of nitrogens with zero attached hydrogens (tertiary/aromatic N) is 2. The van der Waals surface area contributed by atoms with E-state index in [1.165, 1.54) is 0 Å². The van der Waals surface area contributed by atoms with Crippen LogP contribution in [0.5, 0.6) is 0 Å². The van der Waals surface area contributed by atoms with Gasteiger partial charge in [-0.05, 0) is 30.5 Å². The van der Waals surface area contributed by atoms with Crippen molar-refractivity contribution in [3.8, 4) is 11.3 Å². The molecule has 2 aromatic carbocycles.